The van der Waals surface area contributed by atoms with Crippen LogP contribution in [0, 0.1) is 6.92 Å². The van der Waals surface area contributed by atoms with E-state index >= 15 is 0 Å². The van der Waals surface area contributed by atoms with Gasteiger partial charge in [0, 0.05) is 40.8 Å². The number of fused-ring (bicyclic) bond motifs is 3. The van der Waals surface area contributed by atoms with Crippen molar-refractivity contribution in [2.24, 2.45) is 5.73 Å². The number of aromatic nitrogens is 2. The van der Waals surface area contributed by atoms with E-state index in [4.69, 9.17) is 5.73 Å². The van der Waals surface area contributed by atoms with Crippen LogP contribution in [-0.2, 0) is 6.54 Å². The van der Waals surface area contributed by atoms with E-state index < -0.39 is 5.91 Å². The highest BCUT2D eigenvalue weighted by Crippen LogP contribution is 2.30. The Bertz CT molecular complexity index is 1180. The van der Waals surface area contributed by atoms with Gasteiger partial charge in [0.1, 0.15) is 0 Å². The summed E-state index contributed by atoms with van der Waals surface area (Å²) in [6.45, 7) is 2.25. The monoisotopic (exact) mass is 358 g/mol. The van der Waals surface area contributed by atoms with Crippen LogP contribution in [0.4, 0.5) is 0 Å². The summed E-state index contributed by atoms with van der Waals surface area (Å²) in [7, 11) is 0. The molecular formula is C21H18N4O2. The smallest absolute Gasteiger partial charge is 0.251 e. The highest BCUT2D eigenvalue weighted by molar-refractivity contribution is 6.16. The fraction of sp³-hybridized carbons (Fsp3) is 0.0952. The minimum absolute atomic E-state index is 0.175. The predicted octanol–water partition coefficient (Wildman–Crippen LogP) is 3.05. The summed E-state index contributed by atoms with van der Waals surface area (Å²) in [5.41, 5.74) is 9.79. The van der Waals surface area contributed by atoms with Gasteiger partial charge in [0.25, 0.3) is 11.8 Å². The number of nitrogens with one attached hydrogen (secondary N) is 2. The van der Waals surface area contributed by atoms with Crippen molar-refractivity contribution in [3.63, 3.8) is 0 Å². The van der Waals surface area contributed by atoms with Crippen molar-refractivity contribution in [2.45, 2.75) is 13.5 Å². The van der Waals surface area contributed by atoms with Crippen LogP contribution in [0.15, 0.2) is 54.9 Å². The first-order valence-electron chi connectivity index (χ1n) is 8.56. The summed E-state index contributed by atoms with van der Waals surface area (Å²) in [5.74, 6) is -0.648. The van der Waals surface area contributed by atoms with Crippen LogP contribution in [-0.4, -0.2) is 21.8 Å². The normalized spacial score (nSPS) is 11.0. The van der Waals surface area contributed by atoms with Gasteiger partial charge < -0.3 is 16.0 Å². The fourth-order valence-electron chi connectivity index (χ4n) is 3.32. The number of amides is 2. The van der Waals surface area contributed by atoms with Gasteiger partial charge >= 0.3 is 0 Å². The summed E-state index contributed by atoms with van der Waals surface area (Å²) < 4.78 is 0. The molecule has 0 aliphatic carbocycles. The van der Waals surface area contributed by atoms with Gasteiger partial charge in [0.15, 0.2) is 0 Å². The molecule has 2 aromatic heterocycles. The minimum Gasteiger partial charge on any atom is -0.366 e. The molecule has 0 saturated carbocycles. The van der Waals surface area contributed by atoms with Gasteiger partial charge in [-0.3, -0.25) is 14.6 Å². The third kappa shape index (κ3) is 3.01. The molecule has 0 aliphatic rings. The van der Waals surface area contributed by atoms with Gasteiger partial charge in [0.2, 0.25) is 0 Å². The van der Waals surface area contributed by atoms with Gasteiger partial charge in [-0.2, -0.15) is 0 Å². The maximum Gasteiger partial charge on any atom is 0.251 e. The molecule has 27 heavy (non-hydrogen) atoms. The molecule has 0 fully saturated rings. The van der Waals surface area contributed by atoms with Crippen LogP contribution in [0.1, 0.15) is 31.8 Å². The Kier molecular flexibility index (Phi) is 4.08. The lowest BCUT2D eigenvalue weighted by atomic mass is 10.0. The molecule has 6 nitrogen and oxygen atoms in total. The van der Waals surface area contributed by atoms with E-state index in [2.05, 4.69) is 15.3 Å². The van der Waals surface area contributed by atoms with E-state index in [-0.39, 0.29) is 5.91 Å². The Morgan fingerprint density at radius 3 is 2.70 bits per heavy atom. The number of primary amides is 1. The Hall–Kier alpha value is -3.67. The van der Waals surface area contributed by atoms with E-state index in [9.17, 15) is 9.59 Å². The number of carbonyl (C=O) groups excluding carboxylic acids is 2. The number of H-pyrrole nitrogens is 1. The van der Waals surface area contributed by atoms with Crippen molar-refractivity contribution in [3.05, 3.63) is 77.1 Å². The average Bonchev–Trinajstić information content (AvgIpc) is 3.03. The number of hydrogen-bond acceptors (Lipinski definition) is 3. The Labute approximate surface area is 155 Å². The zero-order chi connectivity index (χ0) is 19.0. The van der Waals surface area contributed by atoms with E-state index in [0.717, 1.165) is 27.4 Å². The number of nitrogens with two attached hydrogens (primary N) is 1. The van der Waals surface area contributed by atoms with Gasteiger partial charge in [0.05, 0.1) is 11.1 Å². The van der Waals surface area contributed by atoms with Crippen molar-refractivity contribution in [2.75, 3.05) is 0 Å². The van der Waals surface area contributed by atoms with Crippen molar-refractivity contribution < 1.29 is 9.59 Å². The molecule has 0 spiro atoms. The molecule has 0 bridgehead atoms. The molecule has 6 heteroatoms. The molecule has 134 valence electrons. The number of carbonyl (C=O) groups is 2. The SMILES string of the molecule is Cc1ccc2c([nH]c3cc(C(=O)NCc4cccnc4)ccc32)c1C(N)=O. The van der Waals surface area contributed by atoms with Gasteiger partial charge in [-0.05, 0) is 36.2 Å². The first-order chi connectivity index (χ1) is 13.0. The number of rotatable bonds is 4. The second-order valence-corrected chi connectivity index (χ2v) is 6.47. The number of aromatic amines is 1. The lowest BCUT2D eigenvalue weighted by Gasteiger charge is -2.05. The van der Waals surface area contributed by atoms with E-state index in [1.807, 2.05) is 37.3 Å². The molecule has 0 radical (unpaired) electrons. The molecule has 4 N–H and O–H groups in total. The Morgan fingerprint density at radius 2 is 1.96 bits per heavy atom. The third-order valence-electron chi connectivity index (χ3n) is 4.67. The maximum absolute atomic E-state index is 12.5. The van der Waals surface area contributed by atoms with Crippen LogP contribution in [0.5, 0.6) is 0 Å². The third-order valence-corrected chi connectivity index (χ3v) is 4.67. The zero-order valence-electron chi connectivity index (χ0n) is 14.7. The first-order valence-corrected chi connectivity index (χ1v) is 8.56. The quantitative estimate of drug-likeness (QED) is 0.522. The zero-order valence-corrected chi connectivity index (χ0v) is 14.7. The molecule has 2 amide bonds. The second kappa shape index (κ2) is 6.57. The summed E-state index contributed by atoms with van der Waals surface area (Å²) in [6, 6.07) is 13.0. The average molecular weight is 358 g/mol. The van der Waals surface area contributed by atoms with Crippen LogP contribution in [0.2, 0.25) is 0 Å². The van der Waals surface area contributed by atoms with Crippen molar-refractivity contribution in [1.82, 2.24) is 15.3 Å². The number of hydrogen-bond donors (Lipinski definition) is 3. The largest absolute Gasteiger partial charge is 0.366 e. The summed E-state index contributed by atoms with van der Waals surface area (Å²) in [5, 5.41) is 4.74. The molecular weight excluding hydrogens is 340 g/mol. The van der Waals surface area contributed by atoms with Gasteiger partial charge in [-0.15, -0.1) is 0 Å². The fourth-order valence-corrected chi connectivity index (χ4v) is 3.32. The first kappa shape index (κ1) is 16.8. The lowest BCUT2D eigenvalue weighted by Crippen LogP contribution is -2.22. The molecule has 0 unspecified atom stereocenters. The Balaban J connectivity index is 1.70. The molecule has 2 heterocycles. The molecule has 4 rings (SSSR count). The minimum atomic E-state index is -0.473. The van der Waals surface area contributed by atoms with Crippen LogP contribution >= 0.6 is 0 Å². The molecule has 2 aromatic carbocycles. The molecule has 0 saturated heterocycles. The number of aryl methyl sites for hydroxylation is 1. The van der Waals surface area contributed by atoms with Gasteiger partial charge in [-0.25, -0.2) is 0 Å². The standard InChI is InChI=1S/C21H18N4O2/c1-12-4-6-16-15-7-5-14(9-17(15)25-19(16)18(12)20(22)26)21(27)24-11-13-3-2-8-23-10-13/h2-10,25H,11H2,1H3,(H2,22,26)(H,24,27). The topological polar surface area (TPSA) is 101 Å². The maximum atomic E-state index is 12.5. The van der Waals surface area contributed by atoms with Crippen molar-refractivity contribution in [3.8, 4) is 0 Å². The molecule has 0 atom stereocenters. The number of pyridine rings is 1. The van der Waals surface area contributed by atoms with Crippen molar-refractivity contribution >= 4 is 33.6 Å². The summed E-state index contributed by atoms with van der Waals surface area (Å²) in [6.07, 6.45) is 3.41. The van der Waals surface area contributed by atoms with Crippen LogP contribution in [0.3, 0.4) is 0 Å². The highest BCUT2D eigenvalue weighted by Gasteiger charge is 2.15. The van der Waals surface area contributed by atoms with Crippen LogP contribution in [0.25, 0.3) is 21.8 Å². The summed E-state index contributed by atoms with van der Waals surface area (Å²) >= 11 is 0. The van der Waals surface area contributed by atoms with Gasteiger partial charge in [-0.1, -0.05) is 24.3 Å². The van der Waals surface area contributed by atoms with E-state index in [0.29, 0.717) is 23.2 Å². The number of benzene rings is 2. The highest BCUT2D eigenvalue weighted by atomic mass is 16.2. The van der Waals surface area contributed by atoms with E-state index in [1.54, 1.807) is 24.5 Å². The second-order valence-electron chi connectivity index (χ2n) is 6.47. The lowest BCUT2D eigenvalue weighted by molar-refractivity contribution is 0.0949. The molecule has 4 aromatic rings. The predicted molar refractivity (Wildman–Crippen MR) is 104 cm³/mol. The van der Waals surface area contributed by atoms with Crippen molar-refractivity contribution in [1.29, 1.82) is 0 Å². The Morgan fingerprint density at radius 1 is 1.15 bits per heavy atom. The number of nitrogens with zero attached hydrogens (tertiary/aromatic N) is 1. The summed E-state index contributed by atoms with van der Waals surface area (Å²) in [4.78, 5) is 31.6. The molecule has 0 aliphatic heterocycles. The van der Waals surface area contributed by atoms with Crippen LogP contribution < -0.4 is 11.1 Å². The van der Waals surface area contributed by atoms with E-state index in [1.165, 1.54) is 0 Å².